The molecule has 2 heterocycles. The monoisotopic (exact) mass is 266 g/mol. The zero-order valence-corrected chi connectivity index (χ0v) is 11.0. The molecule has 0 atom stereocenters. The maximum absolute atomic E-state index is 4.66. The first kappa shape index (κ1) is 12.6. The van der Waals surface area contributed by atoms with Gasteiger partial charge in [0, 0.05) is 12.6 Å². The zero-order chi connectivity index (χ0) is 12.8. The van der Waals surface area contributed by atoms with E-state index in [1.165, 1.54) is 18.2 Å². The van der Waals surface area contributed by atoms with Gasteiger partial charge in [0.05, 0.1) is 6.54 Å². The Kier molecular flexibility index (Phi) is 4.35. The summed E-state index contributed by atoms with van der Waals surface area (Å²) in [6.45, 7) is 3.30. The fourth-order valence-electron chi connectivity index (χ4n) is 1.32. The Hall–Kier alpha value is -1.83. The zero-order valence-electron chi connectivity index (χ0n) is 10.2. The highest BCUT2D eigenvalue weighted by molar-refractivity contribution is 7.98. The molecule has 0 unspecified atom stereocenters. The average Bonchev–Trinajstić information content (AvgIpc) is 2.89. The van der Waals surface area contributed by atoms with E-state index < -0.39 is 0 Å². The molecule has 2 aromatic rings. The van der Waals surface area contributed by atoms with Crippen LogP contribution in [0, 0.1) is 0 Å². The van der Waals surface area contributed by atoms with Gasteiger partial charge in [0.25, 0.3) is 0 Å². The van der Waals surface area contributed by atoms with E-state index in [9.17, 15) is 0 Å². The molecular formula is C10H14N6OS. The Balaban J connectivity index is 2.08. The number of nitrogens with one attached hydrogen (secondary N) is 2. The summed E-state index contributed by atoms with van der Waals surface area (Å²) in [7, 11) is 0. The third-order valence-corrected chi connectivity index (χ3v) is 2.63. The van der Waals surface area contributed by atoms with E-state index in [-0.39, 0.29) is 0 Å². The van der Waals surface area contributed by atoms with Gasteiger partial charge in [-0.1, -0.05) is 16.9 Å². The minimum absolute atomic E-state index is 0.465. The van der Waals surface area contributed by atoms with E-state index in [2.05, 4.69) is 35.3 Å². The minimum atomic E-state index is 0.465. The first-order valence-corrected chi connectivity index (χ1v) is 6.70. The van der Waals surface area contributed by atoms with Gasteiger partial charge in [0.1, 0.15) is 11.6 Å². The summed E-state index contributed by atoms with van der Waals surface area (Å²) >= 11 is 1.49. The molecule has 2 rings (SSSR count). The van der Waals surface area contributed by atoms with Crippen LogP contribution in [0.1, 0.15) is 12.7 Å². The van der Waals surface area contributed by atoms with Gasteiger partial charge in [0.15, 0.2) is 11.0 Å². The van der Waals surface area contributed by atoms with E-state index in [4.69, 9.17) is 0 Å². The van der Waals surface area contributed by atoms with Crippen LogP contribution in [0.3, 0.4) is 0 Å². The molecule has 0 bridgehead atoms. The fraction of sp³-hybridized carbons (Fsp3) is 0.400. The van der Waals surface area contributed by atoms with Gasteiger partial charge in [-0.15, -0.1) is 0 Å². The highest BCUT2D eigenvalue weighted by atomic mass is 32.2. The van der Waals surface area contributed by atoms with E-state index in [0.717, 1.165) is 18.2 Å². The minimum Gasteiger partial charge on any atom is -0.370 e. The number of thioether (sulfide) groups is 1. The molecule has 8 heteroatoms. The van der Waals surface area contributed by atoms with Gasteiger partial charge in [-0.3, -0.25) is 0 Å². The molecule has 96 valence electrons. The van der Waals surface area contributed by atoms with Crippen molar-refractivity contribution in [3.8, 4) is 0 Å². The fourth-order valence-corrected chi connectivity index (χ4v) is 1.70. The van der Waals surface area contributed by atoms with E-state index in [1.54, 1.807) is 0 Å². The van der Waals surface area contributed by atoms with Crippen molar-refractivity contribution in [1.29, 1.82) is 0 Å². The quantitative estimate of drug-likeness (QED) is 0.602. The predicted octanol–water partition coefficient (Wildman–Crippen LogP) is 1.63. The summed E-state index contributed by atoms with van der Waals surface area (Å²) in [5.74, 6) is 2.12. The topological polar surface area (TPSA) is 88.8 Å². The molecular weight excluding hydrogens is 252 g/mol. The van der Waals surface area contributed by atoms with Crippen LogP contribution < -0.4 is 10.6 Å². The van der Waals surface area contributed by atoms with Crippen molar-refractivity contribution in [1.82, 2.24) is 20.1 Å². The molecule has 0 saturated heterocycles. The van der Waals surface area contributed by atoms with Crippen LogP contribution >= 0.6 is 11.8 Å². The number of anilines is 2. The van der Waals surface area contributed by atoms with Crippen molar-refractivity contribution in [2.24, 2.45) is 0 Å². The summed E-state index contributed by atoms with van der Waals surface area (Å²) < 4.78 is 4.66. The SMILES string of the molecule is CCNc1cc(NCc2ncon2)nc(SC)n1. The normalized spacial score (nSPS) is 10.3. The van der Waals surface area contributed by atoms with Crippen molar-refractivity contribution in [2.45, 2.75) is 18.6 Å². The Labute approximate surface area is 109 Å². The number of rotatable bonds is 6. The second-order valence-corrected chi connectivity index (χ2v) is 4.13. The molecule has 0 saturated carbocycles. The molecule has 0 amide bonds. The lowest BCUT2D eigenvalue weighted by atomic mass is 10.5. The number of aromatic nitrogens is 4. The van der Waals surface area contributed by atoms with E-state index >= 15 is 0 Å². The molecule has 0 aliphatic rings. The molecule has 18 heavy (non-hydrogen) atoms. The van der Waals surface area contributed by atoms with Gasteiger partial charge in [-0.05, 0) is 13.2 Å². The van der Waals surface area contributed by atoms with Crippen molar-refractivity contribution in [3.63, 3.8) is 0 Å². The third-order valence-electron chi connectivity index (χ3n) is 2.08. The second kappa shape index (κ2) is 6.20. The van der Waals surface area contributed by atoms with Crippen LogP contribution in [0.5, 0.6) is 0 Å². The second-order valence-electron chi connectivity index (χ2n) is 3.36. The molecule has 0 aromatic carbocycles. The van der Waals surface area contributed by atoms with Crippen molar-refractivity contribution < 1.29 is 4.52 Å². The van der Waals surface area contributed by atoms with Gasteiger partial charge in [0.2, 0.25) is 6.39 Å². The Bertz CT molecular complexity index is 489. The van der Waals surface area contributed by atoms with E-state index in [1.807, 2.05) is 19.2 Å². The smallest absolute Gasteiger partial charge is 0.213 e. The van der Waals surface area contributed by atoms with Gasteiger partial charge >= 0.3 is 0 Å². The molecule has 7 nitrogen and oxygen atoms in total. The van der Waals surface area contributed by atoms with Crippen molar-refractivity contribution in [2.75, 3.05) is 23.4 Å². The van der Waals surface area contributed by atoms with Crippen molar-refractivity contribution >= 4 is 23.4 Å². The number of nitrogens with zero attached hydrogens (tertiary/aromatic N) is 4. The molecule has 0 aliphatic carbocycles. The lowest BCUT2D eigenvalue weighted by Gasteiger charge is -2.08. The average molecular weight is 266 g/mol. The maximum atomic E-state index is 4.66. The van der Waals surface area contributed by atoms with Crippen LogP contribution in [0.15, 0.2) is 22.1 Å². The lowest BCUT2D eigenvalue weighted by Crippen LogP contribution is -2.07. The van der Waals surface area contributed by atoms with Crippen LogP contribution in [-0.2, 0) is 6.54 Å². The van der Waals surface area contributed by atoms with Crippen LogP contribution in [0.25, 0.3) is 0 Å². The first-order chi connectivity index (χ1) is 8.81. The Morgan fingerprint density at radius 2 is 2.06 bits per heavy atom. The third kappa shape index (κ3) is 3.33. The molecule has 0 spiro atoms. The predicted molar refractivity (Wildman–Crippen MR) is 69.6 cm³/mol. The maximum Gasteiger partial charge on any atom is 0.213 e. The largest absolute Gasteiger partial charge is 0.370 e. The Morgan fingerprint density at radius 3 is 2.67 bits per heavy atom. The molecule has 0 aliphatic heterocycles. The number of hydrogen-bond donors (Lipinski definition) is 2. The van der Waals surface area contributed by atoms with Crippen LogP contribution in [0.4, 0.5) is 11.6 Å². The van der Waals surface area contributed by atoms with Crippen molar-refractivity contribution in [3.05, 3.63) is 18.3 Å². The van der Waals surface area contributed by atoms with Crippen LogP contribution in [-0.4, -0.2) is 32.9 Å². The van der Waals surface area contributed by atoms with Gasteiger partial charge < -0.3 is 15.2 Å². The summed E-state index contributed by atoms with van der Waals surface area (Å²) in [6, 6.07) is 1.85. The highest BCUT2D eigenvalue weighted by Crippen LogP contribution is 2.17. The first-order valence-electron chi connectivity index (χ1n) is 5.48. The molecule has 0 fully saturated rings. The number of hydrogen-bond acceptors (Lipinski definition) is 8. The Morgan fingerprint density at radius 1 is 1.28 bits per heavy atom. The van der Waals surface area contributed by atoms with Crippen LogP contribution in [0.2, 0.25) is 0 Å². The molecule has 2 N–H and O–H groups in total. The summed E-state index contributed by atoms with van der Waals surface area (Å²) in [5, 5.41) is 10.7. The van der Waals surface area contributed by atoms with Gasteiger partial charge in [-0.25, -0.2) is 9.97 Å². The van der Waals surface area contributed by atoms with E-state index in [0.29, 0.717) is 17.5 Å². The van der Waals surface area contributed by atoms with Gasteiger partial charge in [-0.2, -0.15) is 4.98 Å². The summed E-state index contributed by atoms with van der Waals surface area (Å²) in [6.07, 6.45) is 3.24. The molecule has 2 aromatic heterocycles. The summed E-state index contributed by atoms with van der Waals surface area (Å²) in [4.78, 5) is 12.6. The molecule has 0 radical (unpaired) electrons. The highest BCUT2D eigenvalue weighted by Gasteiger charge is 2.04. The summed E-state index contributed by atoms with van der Waals surface area (Å²) in [5.41, 5.74) is 0. The lowest BCUT2D eigenvalue weighted by molar-refractivity contribution is 0.411. The standard InChI is InChI=1S/C10H14N6OS/c1-3-11-7-4-8(15-10(14-7)18-2)12-5-9-13-6-17-16-9/h4,6H,3,5H2,1-2H3,(H2,11,12,14,15).